The molecule has 1 aliphatic rings. The molecule has 0 spiro atoms. The van der Waals surface area contributed by atoms with Crippen molar-refractivity contribution >= 4 is 0 Å². The Bertz CT molecular complexity index is 538. The van der Waals surface area contributed by atoms with Crippen LogP contribution >= 0.6 is 0 Å². The summed E-state index contributed by atoms with van der Waals surface area (Å²) in [6.07, 6.45) is 6.77. The maximum Gasteiger partial charge on any atom is 0.0578 e. The molecule has 110 valence electrons. The molecule has 0 radical (unpaired) electrons. The summed E-state index contributed by atoms with van der Waals surface area (Å²) < 4.78 is 0. The summed E-state index contributed by atoms with van der Waals surface area (Å²) in [5, 5.41) is 3.91. The smallest absolute Gasteiger partial charge is 0.0578 e. The zero-order chi connectivity index (χ0) is 14.5. The molecule has 1 nitrogen and oxygen atoms in total. The largest absolute Gasteiger partial charge is 0.303 e. The van der Waals surface area contributed by atoms with E-state index >= 15 is 0 Å². The number of nitrogens with one attached hydrogen (secondary N) is 1. The van der Waals surface area contributed by atoms with Gasteiger partial charge >= 0.3 is 0 Å². The summed E-state index contributed by atoms with van der Waals surface area (Å²) in [6, 6.07) is 20.8. The highest BCUT2D eigenvalue weighted by molar-refractivity contribution is 5.33. The van der Waals surface area contributed by atoms with Crippen LogP contribution < -0.4 is 5.32 Å². The zero-order valence-corrected chi connectivity index (χ0v) is 12.9. The van der Waals surface area contributed by atoms with Crippen molar-refractivity contribution in [3.05, 3.63) is 71.3 Å². The minimum Gasteiger partial charge on any atom is -0.303 e. The molecule has 1 fully saturated rings. The van der Waals surface area contributed by atoms with Gasteiger partial charge in [-0.2, -0.15) is 0 Å². The van der Waals surface area contributed by atoms with Crippen LogP contribution in [0.25, 0.3) is 0 Å². The van der Waals surface area contributed by atoms with Crippen LogP contribution in [0.15, 0.2) is 54.6 Å². The first kappa shape index (κ1) is 14.3. The van der Waals surface area contributed by atoms with Gasteiger partial charge in [0, 0.05) is 6.04 Å². The van der Waals surface area contributed by atoms with Gasteiger partial charge in [0.1, 0.15) is 0 Å². The van der Waals surface area contributed by atoms with Crippen LogP contribution in [0.2, 0.25) is 0 Å². The molecule has 1 saturated carbocycles. The Morgan fingerprint density at radius 3 is 2.10 bits per heavy atom. The van der Waals surface area contributed by atoms with E-state index < -0.39 is 0 Å². The molecule has 2 aromatic rings. The number of benzene rings is 2. The van der Waals surface area contributed by atoms with Crippen molar-refractivity contribution in [2.24, 2.45) is 0 Å². The van der Waals surface area contributed by atoms with E-state index in [-0.39, 0.29) is 0 Å². The molecule has 2 aromatic carbocycles. The van der Waals surface area contributed by atoms with Crippen molar-refractivity contribution in [2.45, 2.75) is 51.1 Å². The standard InChI is InChI=1S/C20H25N/c1-16-12-14-18(15-13-16)20(17-8-4-2-5-9-17)21-19-10-6-3-7-11-19/h2,4-5,8-9,12-15,19-21H,3,6-7,10-11H2,1H3. The first-order chi connectivity index (χ1) is 10.3. The van der Waals surface area contributed by atoms with Crippen molar-refractivity contribution in [1.82, 2.24) is 5.32 Å². The lowest BCUT2D eigenvalue weighted by Gasteiger charge is -2.29. The quantitative estimate of drug-likeness (QED) is 0.830. The second-order valence-corrected chi connectivity index (χ2v) is 6.26. The normalized spacial score (nSPS) is 17.6. The summed E-state index contributed by atoms with van der Waals surface area (Å²) in [4.78, 5) is 0. The molecule has 0 saturated heterocycles. The molecule has 21 heavy (non-hydrogen) atoms. The molecule has 0 bridgehead atoms. The third-order valence-corrected chi connectivity index (χ3v) is 4.55. The maximum atomic E-state index is 3.91. The highest BCUT2D eigenvalue weighted by atomic mass is 15.0. The fourth-order valence-corrected chi connectivity index (χ4v) is 3.29. The highest BCUT2D eigenvalue weighted by Gasteiger charge is 2.20. The third-order valence-electron chi connectivity index (χ3n) is 4.55. The topological polar surface area (TPSA) is 12.0 Å². The van der Waals surface area contributed by atoms with Gasteiger partial charge in [0.2, 0.25) is 0 Å². The Labute approximate surface area is 128 Å². The number of rotatable bonds is 4. The average molecular weight is 279 g/mol. The monoisotopic (exact) mass is 279 g/mol. The number of hydrogen-bond acceptors (Lipinski definition) is 1. The Kier molecular flexibility index (Phi) is 4.72. The van der Waals surface area contributed by atoms with Gasteiger partial charge in [-0.15, -0.1) is 0 Å². The van der Waals surface area contributed by atoms with E-state index in [9.17, 15) is 0 Å². The van der Waals surface area contributed by atoms with Gasteiger partial charge in [0.15, 0.2) is 0 Å². The molecule has 3 rings (SSSR count). The van der Waals surface area contributed by atoms with Crippen molar-refractivity contribution in [3.63, 3.8) is 0 Å². The number of hydrogen-bond donors (Lipinski definition) is 1. The molecular weight excluding hydrogens is 254 g/mol. The zero-order valence-electron chi connectivity index (χ0n) is 12.9. The van der Waals surface area contributed by atoms with E-state index in [0.717, 1.165) is 0 Å². The van der Waals surface area contributed by atoms with Crippen LogP contribution in [0, 0.1) is 6.92 Å². The summed E-state index contributed by atoms with van der Waals surface area (Å²) in [7, 11) is 0. The van der Waals surface area contributed by atoms with Gasteiger partial charge in [-0.3, -0.25) is 0 Å². The van der Waals surface area contributed by atoms with E-state index in [1.54, 1.807) is 0 Å². The second kappa shape index (κ2) is 6.91. The predicted molar refractivity (Wildman–Crippen MR) is 89.5 cm³/mol. The van der Waals surface area contributed by atoms with Gasteiger partial charge in [-0.05, 0) is 30.9 Å². The molecule has 1 unspecified atom stereocenters. The average Bonchev–Trinajstić information content (AvgIpc) is 2.55. The van der Waals surface area contributed by atoms with Crippen LogP contribution in [-0.2, 0) is 0 Å². The molecular formula is C20H25N. The van der Waals surface area contributed by atoms with E-state index in [1.807, 2.05) is 0 Å². The maximum absolute atomic E-state index is 3.91. The number of aryl methyl sites for hydroxylation is 1. The van der Waals surface area contributed by atoms with Gasteiger partial charge < -0.3 is 5.32 Å². The van der Waals surface area contributed by atoms with Crippen molar-refractivity contribution < 1.29 is 0 Å². The van der Waals surface area contributed by atoms with Crippen molar-refractivity contribution in [2.75, 3.05) is 0 Å². The molecule has 0 heterocycles. The van der Waals surface area contributed by atoms with Gasteiger partial charge in [-0.1, -0.05) is 79.4 Å². The summed E-state index contributed by atoms with van der Waals surface area (Å²) in [5.74, 6) is 0. The molecule has 0 amide bonds. The van der Waals surface area contributed by atoms with Crippen LogP contribution in [0.1, 0.15) is 54.8 Å². The minimum atomic E-state index is 0.315. The van der Waals surface area contributed by atoms with Crippen molar-refractivity contribution in [1.29, 1.82) is 0 Å². The fourth-order valence-electron chi connectivity index (χ4n) is 3.29. The summed E-state index contributed by atoms with van der Waals surface area (Å²) in [6.45, 7) is 2.15. The van der Waals surface area contributed by atoms with Gasteiger partial charge in [-0.25, -0.2) is 0 Å². The first-order valence-electron chi connectivity index (χ1n) is 8.20. The van der Waals surface area contributed by atoms with Crippen LogP contribution in [0.5, 0.6) is 0 Å². The van der Waals surface area contributed by atoms with Gasteiger partial charge in [0.05, 0.1) is 6.04 Å². The lowest BCUT2D eigenvalue weighted by Crippen LogP contribution is -2.35. The summed E-state index contributed by atoms with van der Waals surface area (Å²) >= 11 is 0. The second-order valence-electron chi connectivity index (χ2n) is 6.26. The molecule has 0 aromatic heterocycles. The van der Waals surface area contributed by atoms with E-state index in [4.69, 9.17) is 0 Å². The van der Waals surface area contributed by atoms with Crippen LogP contribution in [0.4, 0.5) is 0 Å². The third kappa shape index (κ3) is 3.74. The Balaban J connectivity index is 1.85. The molecule has 1 heteroatoms. The van der Waals surface area contributed by atoms with Crippen molar-refractivity contribution in [3.8, 4) is 0 Å². The van der Waals surface area contributed by atoms with E-state index in [1.165, 1.54) is 48.8 Å². The predicted octanol–water partition coefficient (Wildman–Crippen LogP) is 5.01. The van der Waals surface area contributed by atoms with E-state index in [2.05, 4.69) is 66.8 Å². The molecule has 1 N–H and O–H groups in total. The molecule has 1 aliphatic carbocycles. The Morgan fingerprint density at radius 1 is 0.810 bits per heavy atom. The summed E-state index contributed by atoms with van der Waals surface area (Å²) in [5.41, 5.74) is 4.06. The fraction of sp³-hybridized carbons (Fsp3) is 0.400. The van der Waals surface area contributed by atoms with E-state index in [0.29, 0.717) is 12.1 Å². The highest BCUT2D eigenvalue weighted by Crippen LogP contribution is 2.26. The van der Waals surface area contributed by atoms with Crippen LogP contribution in [-0.4, -0.2) is 6.04 Å². The first-order valence-corrected chi connectivity index (χ1v) is 8.20. The molecule has 0 aliphatic heterocycles. The lowest BCUT2D eigenvalue weighted by molar-refractivity contribution is 0.354. The molecule has 1 atom stereocenters. The Morgan fingerprint density at radius 2 is 1.43 bits per heavy atom. The SMILES string of the molecule is Cc1ccc(C(NC2CCCCC2)c2ccccc2)cc1. The Hall–Kier alpha value is -1.60. The lowest BCUT2D eigenvalue weighted by atomic mass is 9.92. The van der Waals surface area contributed by atoms with Crippen LogP contribution in [0.3, 0.4) is 0 Å². The minimum absolute atomic E-state index is 0.315. The van der Waals surface area contributed by atoms with Gasteiger partial charge in [0.25, 0.3) is 0 Å².